The lowest BCUT2D eigenvalue weighted by molar-refractivity contribution is 0.320. The molecule has 0 saturated carbocycles. The summed E-state index contributed by atoms with van der Waals surface area (Å²) in [5.41, 5.74) is 0.843. The van der Waals surface area contributed by atoms with Gasteiger partial charge in [-0.3, -0.25) is 0 Å². The zero-order valence-corrected chi connectivity index (χ0v) is 9.43. The fourth-order valence-electron chi connectivity index (χ4n) is 1.78. The Bertz CT molecular complexity index is 413. The number of nitrogens with zero attached hydrogens (tertiary/aromatic N) is 2. The van der Waals surface area contributed by atoms with Crippen LogP contribution in [0.3, 0.4) is 0 Å². The van der Waals surface area contributed by atoms with Crippen molar-refractivity contribution in [2.75, 3.05) is 13.1 Å². The van der Waals surface area contributed by atoms with Crippen molar-refractivity contribution in [2.45, 2.75) is 13.8 Å². The van der Waals surface area contributed by atoms with Crippen LogP contribution < -0.4 is 0 Å². The molecule has 0 bridgehead atoms. The van der Waals surface area contributed by atoms with Crippen molar-refractivity contribution in [1.29, 1.82) is 0 Å². The Morgan fingerprint density at radius 1 is 1.38 bits per heavy atom. The predicted molar refractivity (Wildman–Crippen MR) is 60.5 cm³/mol. The first-order valence-corrected chi connectivity index (χ1v) is 5.07. The molecule has 2 unspecified atom stereocenters. The second-order valence-corrected chi connectivity index (χ2v) is 4.20. The van der Waals surface area contributed by atoms with E-state index in [0.29, 0.717) is 13.1 Å². The maximum atomic E-state index is 10.2. The molecule has 0 radical (unpaired) electrons. The summed E-state index contributed by atoms with van der Waals surface area (Å²) in [5, 5.41) is 0. The van der Waals surface area contributed by atoms with Crippen LogP contribution in [0.5, 0.6) is 0 Å². The molecule has 0 heterocycles. The molecule has 4 nitrogen and oxygen atoms in total. The quantitative estimate of drug-likeness (QED) is 0.533. The number of rotatable bonds is 4. The van der Waals surface area contributed by atoms with Gasteiger partial charge in [0.05, 0.1) is 13.1 Å². The van der Waals surface area contributed by atoms with Gasteiger partial charge in [0, 0.05) is 11.3 Å². The van der Waals surface area contributed by atoms with Crippen LogP contribution in [-0.4, -0.2) is 25.2 Å². The molecule has 0 aliphatic heterocycles. The van der Waals surface area contributed by atoms with E-state index in [2.05, 4.69) is 9.98 Å². The molecule has 0 spiro atoms. The molecular formula is C12H14N2O2. The predicted octanol–water partition coefficient (Wildman–Crippen LogP) is 1.80. The normalized spacial score (nSPS) is 27.6. The molecule has 0 amide bonds. The Labute approximate surface area is 94.5 Å². The summed E-state index contributed by atoms with van der Waals surface area (Å²) in [4.78, 5) is 27.5. The third-order valence-electron chi connectivity index (χ3n) is 2.87. The van der Waals surface area contributed by atoms with E-state index < -0.39 is 0 Å². The molecule has 1 aliphatic rings. The van der Waals surface area contributed by atoms with Gasteiger partial charge in [0.25, 0.3) is 0 Å². The van der Waals surface area contributed by atoms with Gasteiger partial charge in [0.1, 0.15) is 0 Å². The van der Waals surface area contributed by atoms with Gasteiger partial charge < -0.3 is 0 Å². The average molecular weight is 218 g/mol. The first kappa shape index (κ1) is 12.3. The Hall–Kier alpha value is -1.76. The van der Waals surface area contributed by atoms with Crippen molar-refractivity contribution in [3.63, 3.8) is 0 Å². The molecule has 0 saturated heterocycles. The monoisotopic (exact) mass is 218 g/mol. The van der Waals surface area contributed by atoms with E-state index in [0.717, 1.165) is 5.57 Å². The van der Waals surface area contributed by atoms with E-state index in [1.54, 1.807) is 6.08 Å². The highest BCUT2D eigenvalue weighted by Gasteiger charge is 2.32. The van der Waals surface area contributed by atoms with Gasteiger partial charge >= 0.3 is 0 Å². The van der Waals surface area contributed by atoms with Gasteiger partial charge in [-0.05, 0) is 6.92 Å². The molecule has 0 aromatic carbocycles. The highest BCUT2D eigenvalue weighted by atomic mass is 16.1. The third-order valence-corrected chi connectivity index (χ3v) is 2.87. The van der Waals surface area contributed by atoms with E-state index in [9.17, 15) is 9.59 Å². The fraction of sp³-hybridized carbons (Fsp3) is 0.500. The largest absolute Gasteiger partial charge is 0.234 e. The third kappa shape index (κ3) is 2.86. The van der Waals surface area contributed by atoms with Crippen molar-refractivity contribution < 1.29 is 9.59 Å². The van der Waals surface area contributed by atoms with E-state index in [1.165, 1.54) is 6.08 Å². The number of hydrogen-bond acceptors (Lipinski definition) is 4. The Morgan fingerprint density at radius 2 is 2.06 bits per heavy atom. The molecule has 0 aromatic heterocycles. The van der Waals surface area contributed by atoms with Crippen molar-refractivity contribution in [1.82, 2.24) is 0 Å². The number of carbonyl (C=O) groups excluding carboxylic acids is 2. The smallest absolute Gasteiger partial charge is 0.211 e. The minimum absolute atomic E-state index is 0.0658. The second kappa shape index (κ2) is 5.36. The van der Waals surface area contributed by atoms with Crippen molar-refractivity contribution >= 4 is 12.2 Å². The minimum Gasteiger partial charge on any atom is -0.211 e. The van der Waals surface area contributed by atoms with Gasteiger partial charge in [-0.25, -0.2) is 19.6 Å². The molecule has 1 rings (SSSR count). The van der Waals surface area contributed by atoms with E-state index in [-0.39, 0.29) is 11.3 Å². The van der Waals surface area contributed by atoms with Crippen LogP contribution in [0.15, 0.2) is 33.8 Å². The topological polar surface area (TPSA) is 58.9 Å². The summed E-state index contributed by atoms with van der Waals surface area (Å²) in [6.07, 6.45) is 9.12. The van der Waals surface area contributed by atoms with Crippen LogP contribution in [-0.2, 0) is 9.59 Å². The molecule has 0 aromatic rings. The zero-order chi connectivity index (χ0) is 12.0. The van der Waals surface area contributed by atoms with E-state index in [4.69, 9.17) is 0 Å². The molecule has 4 heteroatoms. The van der Waals surface area contributed by atoms with Crippen LogP contribution in [0.1, 0.15) is 13.8 Å². The van der Waals surface area contributed by atoms with Gasteiger partial charge in [-0.15, -0.1) is 0 Å². The standard InChI is InChI=1S/C12H14N2O2/c1-10-3-4-12(2,7-14-9-16)11(5-10)6-13-8-15/h3-5,11H,6-7H2,1-2H3. The molecule has 2 atom stereocenters. The first-order valence-electron chi connectivity index (χ1n) is 5.07. The Morgan fingerprint density at radius 3 is 2.69 bits per heavy atom. The summed E-state index contributed by atoms with van der Waals surface area (Å²) >= 11 is 0. The first-order chi connectivity index (χ1) is 7.62. The van der Waals surface area contributed by atoms with Gasteiger partial charge in [0.15, 0.2) is 0 Å². The van der Waals surface area contributed by atoms with Crippen molar-refractivity contribution in [2.24, 2.45) is 21.3 Å². The SMILES string of the molecule is CC1=CC(CN=C=O)C(C)(CN=C=O)C=C1. The molecule has 84 valence electrons. The maximum Gasteiger partial charge on any atom is 0.234 e. The van der Waals surface area contributed by atoms with E-state index in [1.807, 2.05) is 32.1 Å². The molecule has 0 N–H and O–H groups in total. The van der Waals surface area contributed by atoms with E-state index >= 15 is 0 Å². The van der Waals surface area contributed by atoms with Crippen LogP contribution >= 0.6 is 0 Å². The number of allylic oxidation sites excluding steroid dienone is 2. The maximum absolute atomic E-state index is 10.2. The zero-order valence-electron chi connectivity index (χ0n) is 9.43. The van der Waals surface area contributed by atoms with Gasteiger partial charge in [-0.2, -0.15) is 0 Å². The number of aliphatic imine (C=N–C) groups is 2. The van der Waals surface area contributed by atoms with Crippen LogP contribution in [0.2, 0.25) is 0 Å². The lowest BCUT2D eigenvalue weighted by Crippen LogP contribution is -2.31. The minimum atomic E-state index is -0.280. The molecular weight excluding hydrogens is 204 g/mol. The summed E-state index contributed by atoms with van der Waals surface area (Å²) in [7, 11) is 0. The van der Waals surface area contributed by atoms with Crippen molar-refractivity contribution in [3.05, 3.63) is 23.8 Å². The highest BCUT2D eigenvalue weighted by Crippen LogP contribution is 2.35. The van der Waals surface area contributed by atoms with Crippen LogP contribution in [0.25, 0.3) is 0 Å². The Balaban J connectivity index is 2.92. The summed E-state index contributed by atoms with van der Waals surface area (Å²) in [5.74, 6) is 0.0658. The van der Waals surface area contributed by atoms with Crippen LogP contribution in [0, 0.1) is 11.3 Å². The number of isocyanates is 2. The van der Waals surface area contributed by atoms with Crippen LogP contribution in [0.4, 0.5) is 0 Å². The summed E-state index contributed by atoms with van der Waals surface area (Å²) < 4.78 is 0. The summed E-state index contributed by atoms with van der Waals surface area (Å²) in [6, 6.07) is 0. The lowest BCUT2D eigenvalue weighted by Gasteiger charge is -2.33. The summed E-state index contributed by atoms with van der Waals surface area (Å²) in [6.45, 7) is 4.70. The number of hydrogen-bond donors (Lipinski definition) is 0. The van der Waals surface area contributed by atoms with Gasteiger partial charge in [0.2, 0.25) is 12.2 Å². The van der Waals surface area contributed by atoms with Crippen molar-refractivity contribution in [3.8, 4) is 0 Å². The molecule has 0 fully saturated rings. The van der Waals surface area contributed by atoms with Gasteiger partial charge in [-0.1, -0.05) is 30.7 Å². The second-order valence-electron chi connectivity index (χ2n) is 4.20. The Kier molecular flexibility index (Phi) is 4.12. The fourth-order valence-corrected chi connectivity index (χ4v) is 1.78. The molecule has 1 aliphatic carbocycles. The average Bonchev–Trinajstić information content (AvgIpc) is 2.28. The highest BCUT2D eigenvalue weighted by molar-refractivity contribution is 5.35. The lowest BCUT2D eigenvalue weighted by atomic mass is 9.73. The molecule has 16 heavy (non-hydrogen) atoms.